The van der Waals surface area contributed by atoms with Crippen molar-refractivity contribution in [3.05, 3.63) is 81.0 Å². The standard InChI is InChI=1S/C17H13N3O2/c18-10-11-19-15-9-5-4-8-14(15)16(21)20(17(19)22)12-13-6-2-1-3-7-13/h1-9H,11-12H2. The van der Waals surface area contributed by atoms with E-state index in [2.05, 4.69) is 0 Å². The second-order valence-corrected chi connectivity index (χ2v) is 4.92. The fraction of sp³-hybridized carbons (Fsp3) is 0.118. The van der Waals surface area contributed by atoms with Gasteiger partial charge >= 0.3 is 5.69 Å². The molecule has 5 heteroatoms. The van der Waals surface area contributed by atoms with Crippen molar-refractivity contribution in [2.24, 2.45) is 0 Å². The van der Waals surface area contributed by atoms with Crippen molar-refractivity contribution in [2.45, 2.75) is 13.1 Å². The van der Waals surface area contributed by atoms with Crippen LogP contribution in [0.5, 0.6) is 0 Å². The lowest BCUT2D eigenvalue weighted by molar-refractivity contribution is 0.643. The number of fused-ring (bicyclic) bond motifs is 1. The Kier molecular flexibility index (Phi) is 3.58. The van der Waals surface area contributed by atoms with E-state index in [1.54, 1.807) is 24.3 Å². The first kappa shape index (κ1) is 13.8. The molecule has 5 nitrogen and oxygen atoms in total. The summed E-state index contributed by atoms with van der Waals surface area (Å²) in [5.41, 5.74) is 0.552. The smallest absolute Gasteiger partial charge is 0.279 e. The molecule has 0 saturated heterocycles. The van der Waals surface area contributed by atoms with E-state index in [1.165, 1.54) is 9.13 Å². The van der Waals surface area contributed by atoms with Gasteiger partial charge in [0.15, 0.2) is 0 Å². The molecule has 0 saturated carbocycles. The van der Waals surface area contributed by atoms with Gasteiger partial charge in [0.25, 0.3) is 5.56 Å². The average molecular weight is 291 g/mol. The Morgan fingerprint density at radius 1 is 0.909 bits per heavy atom. The van der Waals surface area contributed by atoms with Gasteiger partial charge in [-0.25, -0.2) is 4.79 Å². The van der Waals surface area contributed by atoms with Crippen LogP contribution >= 0.6 is 0 Å². The lowest BCUT2D eigenvalue weighted by atomic mass is 10.2. The van der Waals surface area contributed by atoms with Gasteiger partial charge in [-0.15, -0.1) is 0 Å². The molecular formula is C17H13N3O2. The molecule has 0 atom stereocenters. The van der Waals surface area contributed by atoms with Crippen LogP contribution < -0.4 is 11.2 Å². The highest BCUT2D eigenvalue weighted by atomic mass is 16.2. The van der Waals surface area contributed by atoms with Crippen LogP contribution in [0.3, 0.4) is 0 Å². The highest BCUT2D eigenvalue weighted by Crippen LogP contribution is 2.08. The summed E-state index contributed by atoms with van der Waals surface area (Å²) in [7, 11) is 0. The monoisotopic (exact) mass is 291 g/mol. The summed E-state index contributed by atoms with van der Waals surface area (Å²) in [6, 6.07) is 18.1. The molecule has 0 aliphatic heterocycles. The van der Waals surface area contributed by atoms with Crippen LogP contribution in [0.15, 0.2) is 64.2 Å². The molecule has 22 heavy (non-hydrogen) atoms. The number of rotatable bonds is 3. The first-order valence-electron chi connectivity index (χ1n) is 6.85. The van der Waals surface area contributed by atoms with Crippen molar-refractivity contribution >= 4 is 10.9 Å². The zero-order chi connectivity index (χ0) is 15.5. The molecule has 108 valence electrons. The Labute approximate surface area is 126 Å². The predicted molar refractivity (Wildman–Crippen MR) is 83.6 cm³/mol. The summed E-state index contributed by atoms with van der Waals surface area (Å²) < 4.78 is 2.51. The zero-order valence-electron chi connectivity index (χ0n) is 11.8. The van der Waals surface area contributed by atoms with E-state index in [0.717, 1.165) is 5.56 Å². The second-order valence-electron chi connectivity index (χ2n) is 4.92. The SMILES string of the molecule is N#CCn1c(=O)n(Cc2ccccc2)c(=O)c2ccccc21. The summed E-state index contributed by atoms with van der Waals surface area (Å²) in [6.45, 7) is 0.100. The van der Waals surface area contributed by atoms with Crippen LogP contribution in [0.4, 0.5) is 0 Å². The summed E-state index contributed by atoms with van der Waals surface area (Å²) >= 11 is 0. The molecule has 0 aliphatic carbocycles. The molecule has 0 unspecified atom stereocenters. The lowest BCUT2D eigenvalue weighted by Crippen LogP contribution is -2.40. The molecule has 2 aromatic carbocycles. The van der Waals surface area contributed by atoms with Crippen LogP contribution in [-0.2, 0) is 13.1 Å². The maximum Gasteiger partial charge on any atom is 0.332 e. The van der Waals surface area contributed by atoms with E-state index in [4.69, 9.17) is 5.26 Å². The fourth-order valence-corrected chi connectivity index (χ4v) is 2.50. The van der Waals surface area contributed by atoms with Gasteiger partial charge in [-0.2, -0.15) is 5.26 Å². The number of nitriles is 1. The van der Waals surface area contributed by atoms with Crippen LogP contribution in [0, 0.1) is 11.3 Å². The van der Waals surface area contributed by atoms with Gasteiger partial charge in [-0.1, -0.05) is 42.5 Å². The highest BCUT2D eigenvalue weighted by Gasteiger charge is 2.12. The Balaban J connectivity index is 2.29. The zero-order valence-corrected chi connectivity index (χ0v) is 11.8. The van der Waals surface area contributed by atoms with E-state index >= 15 is 0 Å². The van der Waals surface area contributed by atoms with E-state index in [-0.39, 0.29) is 18.6 Å². The molecule has 0 fully saturated rings. The van der Waals surface area contributed by atoms with Crippen molar-refractivity contribution in [3.8, 4) is 6.07 Å². The molecule has 0 bridgehead atoms. The highest BCUT2D eigenvalue weighted by molar-refractivity contribution is 5.77. The second kappa shape index (κ2) is 5.70. The summed E-state index contributed by atoms with van der Waals surface area (Å²) in [5, 5.41) is 9.39. The maximum atomic E-state index is 12.6. The van der Waals surface area contributed by atoms with Gasteiger partial charge in [0.05, 0.1) is 23.5 Å². The minimum Gasteiger partial charge on any atom is -0.279 e. The Morgan fingerprint density at radius 3 is 2.32 bits per heavy atom. The number of nitrogens with zero attached hydrogens (tertiary/aromatic N) is 3. The number of aromatic nitrogens is 2. The van der Waals surface area contributed by atoms with Gasteiger partial charge in [0.2, 0.25) is 0 Å². The third kappa shape index (κ3) is 2.31. The predicted octanol–water partition coefficient (Wildman–Crippen LogP) is 1.74. The summed E-state index contributed by atoms with van der Waals surface area (Å²) in [5.74, 6) is 0. The number of para-hydroxylation sites is 1. The number of hydrogen-bond acceptors (Lipinski definition) is 3. The van der Waals surface area contributed by atoms with Crippen LogP contribution in [-0.4, -0.2) is 9.13 Å². The van der Waals surface area contributed by atoms with Gasteiger partial charge in [-0.3, -0.25) is 13.9 Å². The van der Waals surface area contributed by atoms with Gasteiger partial charge < -0.3 is 0 Å². The van der Waals surface area contributed by atoms with E-state index in [1.807, 2.05) is 36.4 Å². The van der Waals surface area contributed by atoms with Crippen molar-refractivity contribution in [3.63, 3.8) is 0 Å². The Bertz CT molecular complexity index is 979. The normalized spacial score (nSPS) is 10.5. The minimum absolute atomic E-state index is 0.0889. The molecular weight excluding hydrogens is 278 g/mol. The minimum atomic E-state index is -0.464. The fourth-order valence-electron chi connectivity index (χ4n) is 2.50. The molecule has 0 amide bonds. The molecule has 0 radical (unpaired) electrons. The summed E-state index contributed by atoms with van der Waals surface area (Å²) in [4.78, 5) is 25.1. The van der Waals surface area contributed by atoms with Crippen LogP contribution in [0.2, 0.25) is 0 Å². The first-order valence-corrected chi connectivity index (χ1v) is 6.85. The van der Waals surface area contributed by atoms with Gasteiger partial charge in [0.1, 0.15) is 6.54 Å². The number of benzene rings is 2. The van der Waals surface area contributed by atoms with E-state index in [9.17, 15) is 9.59 Å². The topological polar surface area (TPSA) is 67.8 Å². The first-order chi connectivity index (χ1) is 10.7. The van der Waals surface area contributed by atoms with Crippen LogP contribution in [0.1, 0.15) is 5.56 Å². The van der Waals surface area contributed by atoms with E-state index < -0.39 is 5.69 Å². The summed E-state index contributed by atoms with van der Waals surface area (Å²) in [6.07, 6.45) is 0. The quantitative estimate of drug-likeness (QED) is 0.738. The molecule has 1 aromatic heterocycles. The molecule has 3 aromatic rings. The van der Waals surface area contributed by atoms with Gasteiger partial charge in [0, 0.05) is 0 Å². The average Bonchev–Trinajstić information content (AvgIpc) is 2.56. The number of hydrogen-bond donors (Lipinski definition) is 0. The third-order valence-corrected chi connectivity index (χ3v) is 3.54. The maximum absolute atomic E-state index is 12.6. The van der Waals surface area contributed by atoms with Crippen molar-refractivity contribution in [1.29, 1.82) is 5.26 Å². The third-order valence-electron chi connectivity index (χ3n) is 3.54. The van der Waals surface area contributed by atoms with Crippen molar-refractivity contribution < 1.29 is 0 Å². The van der Waals surface area contributed by atoms with Gasteiger partial charge in [-0.05, 0) is 17.7 Å². The Morgan fingerprint density at radius 2 is 1.59 bits per heavy atom. The molecule has 3 rings (SSSR count). The largest absolute Gasteiger partial charge is 0.332 e. The Hall–Kier alpha value is -3.13. The molecule has 0 spiro atoms. The van der Waals surface area contributed by atoms with Crippen LogP contribution in [0.25, 0.3) is 10.9 Å². The molecule has 1 heterocycles. The lowest BCUT2D eigenvalue weighted by Gasteiger charge is -2.11. The van der Waals surface area contributed by atoms with Crippen molar-refractivity contribution in [1.82, 2.24) is 9.13 Å². The molecule has 0 aliphatic rings. The van der Waals surface area contributed by atoms with E-state index in [0.29, 0.717) is 10.9 Å². The molecule has 0 N–H and O–H groups in total. The van der Waals surface area contributed by atoms with Crippen molar-refractivity contribution in [2.75, 3.05) is 0 Å².